The van der Waals surface area contributed by atoms with Crippen LogP contribution in [0.15, 0.2) is 95.1 Å². The van der Waals surface area contributed by atoms with Crippen LogP contribution in [-0.4, -0.2) is 37.3 Å². The number of carbonyl (C=O) groups excluding carboxylic acids is 2. The summed E-state index contributed by atoms with van der Waals surface area (Å²) >= 11 is 4.61. The molecule has 0 fully saturated rings. The number of hydrogen-bond acceptors (Lipinski definition) is 6. The third-order valence-electron chi connectivity index (χ3n) is 5.04. The number of para-hydroxylation sites is 1. The molecule has 0 radical (unpaired) electrons. The largest absolute Gasteiger partial charge is 0.507 e. The van der Waals surface area contributed by atoms with Gasteiger partial charge in [0.1, 0.15) is 5.75 Å². The van der Waals surface area contributed by atoms with Crippen molar-refractivity contribution in [1.29, 1.82) is 0 Å². The van der Waals surface area contributed by atoms with E-state index in [9.17, 15) is 14.7 Å². The van der Waals surface area contributed by atoms with Crippen LogP contribution in [0.25, 0.3) is 11.4 Å². The highest BCUT2D eigenvalue weighted by Crippen LogP contribution is 2.33. The predicted molar refractivity (Wildman–Crippen MR) is 141 cm³/mol. The van der Waals surface area contributed by atoms with E-state index in [0.29, 0.717) is 39.9 Å². The zero-order valence-electron chi connectivity index (χ0n) is 18.5. The van der Waals surface area contributed by atoms with Crippen LogP contribution in [0.1, 0.15) is 15.9 Å². The van der Waals surface area contributed by atoms with Crippen LogP contribution in [-0.2, 0) is 11.3 Å². The fourth-order valence-electron chi connectivity index (χ4n) is 3.43. The number of ketones is 1. The summed E-state index contributed by atoms with van der Waals surface area (Å²) < 4.78 is 2.56. The molecule has 0 saturated carbocycles. The van der Waals surface area contributed by atoms with Crippen molar-refractivity contribution in [2.24, 2.45) is 0 Å². The number of nitrogens with zero attached hydrogens (tertiary/aromatic N) is 3. The smallest absolute Gasteiger partial charge is 0.234 e. The van der Waals surface area contributed by atoms with E-state index in [2.05, 4.69) is 38.0 Å². The van der Waals surface area contributed by atoms with Gasteiger partial charge in [-0.15, -0.1) is 16.8 Å². The second-order valence-electron chi connectivity index (χ2n) is 7.44. The van der Waals surface area contributed by atoms with Crippen molar-refractivity contribution >= 4 is 45.1 Å². The number of carbonyl (C=O) groups is 2. The summed E-state index contributed by atoms with van der Waals surface area (Å²) in [5.74, 6) is 0.125. The molecule has 7 nitrogen and oxygen atoms in total. The van der Waals surface area contributed by atoms with E-state index in [0.717, 1.165) is 4.47 Å². The van der Waals surface area contributed by atoms with Gasteiger partial charge in [0.05, 0.1) is 17.0 Å². The van der Waals surface area contributed by atoms with Crippen LogP contribution in [0, 0.1) is 0 Å². The number of hydrogen-bond donors (Lipinski definition) is 2. The van der Waals surface area contributed by atoms with E-state index in [1.807, 2.05) is 6.07 Å². The lowest BCUT2D eigenvalue weighted by atomic mass is 10.0. The fourth-order valence-corrected chi connectivity index (χ4v) is 4.54. The van der Waals surface area contributed by atoms with Gasteiger partial charge in [-0.25, -0.2) is 0 Å². The van der Waals surface area contributed by atoms with Crippen molar-refractivity contribution in [3.63, 3.8) is 0 Å². The van der Waals surface area contributed by atoms with Crippen molar-refractivity contribution in [1.82, 2.24) is 14.8 Å². The topological polar surface area (TPSA) is 97.1 Å². The molecule has 4 rings (SSSR count). The van der Waals surface area contributed by atoms with Crippen LogP contribution in [0.2, 0.25) is 0 Å². The second-order valence-corrected chi connectivity index (χ2v) is 9.30. The molecular formula is C26H21BrN4O3S. The van der Waals surface area contributed by atoms with Gasteiger partial charge in [-0.2, -0.15) is 0 Å². The maximum absolute atomic E-state index is 12.9. The molecule has 1 amide bonds. The molecule has 1 aromatic heterocycles. The van der Waals surface area contributed by atoms with Crippen LogP contribution in [0.3, 0.4) is 0 Å². The van der Waals surface area contributed by atoms with E-state index in [4.69, 9.17) is 0 Å². The Balaban J connectivity index is 1.50. The highest BCUT2D eigenvalue weighted by Gasteiger charge is 2.19. The molecule has 0 bridgehead atoms. The molecule has 0 aliphatic heterocycles. The number of thioether (sulfide) groups is 1. The zero-order chi connectivity index (χ0) is 24.8. The normalized spacial score (nSPS) is 10.7. The Morgan fingerprint density at radius 2 is 1.80 bits per heavy atom. The molecule has 2 N–H and O–H groups in total. The number of nitrogens with one attached hydrogen (secondary N) is 1. The van der Waals surface area contributed by atoms with E-state index < -0.39 is 0 Å². The second kappa shape index (κ2) is 11.2. The summed E-state index contributed by atoms with van der Waals surface area (Å²) in [6.45, 7) is 4.18. The van der Waals surface area contributed by atoms with Crippen LogP contribution >= 0.6 is 27.7 Å². The monoisotopic (exact) mass is 548 g/mol. The summed E-state index contributed by atoms with van der Waals surface area (Å²) in [6.07, 6.45) is 1.69. The van der Waals surface area contributed by atoms with Crippen molar-refractivity contribution in [2.45, 2.75) is 11.7 Å². The van der Waals surface area contributed by atoms with Gasteiger partial charge in [0.15, 0.2) is 16.8 Å². The highest BCUT2D eigenvalue weighted by atomic mass is 79.9. The molecule has 3 aromatic carbocycles. The van der Waals surface area contributed by atoms with Gasteiger partial charge < -0.3 is 10.4 Å². The lowest BCUT2D eigenvalue weighted by molar-refractivity contribution is -0.113. The predicted octanol–water partition coefficient (Wildman–Crippen LogP) is 5.56. The molecule has 0 atom stereocenters. The van der Waals surface area contributed by atoms with Crippen LogP contribution < -0.4 is 5.32 Å². The number of rotatable bonds is 9. The number of aromatic nitrogens is 3. The summed E-state index contributed by atoms with van der Waals surface area (Å²) in [6, 6.07) is 20.9. The fraction of sp³-hybridized carbons (Fsp3) is 0.0769. The SMILES string of the molecule is C=CCn1c(SCC(=O)Nc2ccccc2C(=O)c2ccccc2)nnc1-c1cc(Br)ccc1O. The summed E-state index contributed by atoms with van der Waals surface area (Å²) in [5, 5.41) is 22.1. The Morgan fingerprint density at radius 3 is 2.57 bits per heavy atom. The van der Waals surface area contributed by atoms with Gasteiger partial charge in [-0.05, 0) is 30.3 Å². The molecule has 0 unspecified atom stereocenters. The third-order valence-corrected chi connectivity index (χ3v) is 6.50. The molecule has 1 heterocycles. The Hall–Kier alpha value is -3.69. The minimum atomic E-state index is -0.289. The van der Waals surface area contributed by atoms with Crippen molar-refractivity contribution in [3.8, 4) is 17.1 Å². The Labute approximate surface area is 215 Å². The lowest BCUT2D eigenvalue weighted by Crippen LogP contribution is -2.17. The number of benzene rings is 3. The first-order valence-electron chi connectivity index (χ1n) is 10.6. The number of anilines is 1. The molecule has 0 spiro atoms. The van der Waals surface area contributed by atoms with Crippen molar-refractivity contribution in [2.75, 3.05) is 11.1 Å². The first kappa shape index (κ1) is 24.4. The average molecular weight is 549 g/mol. The van der Waals surface area contributed by atoms with Gasteiger partial charge in [0.25, 0.3) is 0 Å². The molecular weight excluding hydrogens is 528 g/mol. The van der Waals surface area contributed by atoms with Gasteiger partial charge in [-0.3, -0.25) is 14.2 Å². The van der Waals surface area contributed by atoms with Gasteiger partial charge in [0.2, 0.25) is 5.91 Å². The van der Waals surface area contributed by atoms with Gasteiger partial charge >= 0.3 is 0 Å². The molecule has 176 valence electrons. The third kappa shape index (κ3) is 5.70. The number of phenols is 1. The molecule has 4 aromatic rings. The number of allylic oxidation sites excluding steroid dienone is 1. The summed E-state index contributed by atoms with van der Waals surface area (Å²) in [5.41, 5.74) is 1.92. The Bertz CT molecular complexity index is 1390. The van der Waals surface area contributed by atoms with Gasteiger partial charge in [-0.1, -0.05) is 76.2 Å². The van der Waals surface area contributed by atoms with Crippen molar-refractivity contribution in [3.05, 3.63) is 101 Å². The Kier molecular flexibility index (Phi) is 7.79. The minimum Gasteiger partial charge on any atom is -0.507 e. The maximum atomic E-state index is 12.9. The lowest BCUT2D eigenvalue weighted by Gasteiger charge is -2.11. The van der Waals surface area contributed by atoms with Gasteiger partial charge in [0, 0.05) is 22.1 Å². The highest BCUT2D eigenvalue weighted by molar-refractivity contribution is 9.10. The number of phenolic OH excluding ortho intramolecular Hbond substituents is 1. The Morgan fingerprint density at radius 1 is 1.06 bits per heavy atom. The molecule has 35 heavy (non-hydrogen) atoms. The van der Waals surface area contributed by atoms with E-state index in [1.165, 1.54) is 11.8 Å². The van der Waals surface area contributed by atoms with E-state index in [1.54, 1.807) is 77.4 Å². The first-order valence-corrected chi connectivity index (χ1v) is 12.4. The minimum absolute atomic E-state index is 0.0492. The van der Waals surface area contributed by atoms with Crippen LogP contribution in [0.5, 0.6) is 5.75 Å². The van der Waals surface area contributed by atoms with E-state index >= 15 is 0 Å². The van der Waals surface area contributed by atoms with Crippen molar-refractivity contribution < 1.29 is 14.7 Å². The molecule has 0 aliphatic carbocycles. The first-order chi connectivity index (χ1) is 17.0. The van der Waals surface area contributed by atoms with E-state index in [-0.39, 0.29) is 23.2 Å². The molecule has 0 saturated heterocycles. The summed E-state index contributed by atoms with van der Waals surface area (Å²) in [7, 11) is 0. The summed E-state index contributed by atoms with van der Waals surface area (Å²) in [4.78, 5) is 25.7. The average Bonchev–Trinajstić information content (AvgIpc) is 3.27. The molecule has 0 aliphatic rings. The molecule has 9 heteroatoms. The zero-order valence-corrected chi connectivity index (χ0v) is 20.9. The standard InChI is InChI=1S/C26H21BrN4O3S/c1-2-14-31-25(20-15-18(27)12-13-22(20)32)29-30-26(31)35-16-23(33)28-21-11-7-6-10-19(21)24(34)17-8-4-3-5-9-17/h2-13,15,32H,1,14,16H2,(H,28,33). The number of aromatic hydroxyl groups is 1. The quantitative estimate of drug-likeness (QED) is 0.161. The number of amides is 1. The number of halogens is 1. The van der Waals surface area contributed by atoms with Crippen LogP contribution in [0.4, 0.5) is 5.69 Å². The maximum Gasteiger partial charge on any atom is 0.234 e.